The zero-order valence-electron chi connectivity index (χ0n) is 12.8. The second-order valence-electron chi connectivity index (χ2n) is 5.46. The minimum absolute atomic E-state index is 0.0701. The van der Waals surface area contributed by atoms with Crippen LogP contribution in [0.15, 0.2) is 28.2 Å². The van der Waals surface area contributed by atoms with E-state index in [1.165, 1.54) is 5.56 Å². The van der Waals surface area contributed by atoms with Gasteiger partial charge in [0.25, 0.3) is 0 Å². The van der Waals surface area contributed by atoms with Gasteiger partial charge in [0.05, 0.1) is 12.1 Å². The Morgan fingerprint density at radius 3 is 2.86 bits per heavy atom. The minimum Gasteiger partial charge on any atom is -0.454 e. The second-order valence-corrected chi connectivity index (χ2v) is 5.46. The van der Waals surface area contributed by atoms with E-state index >= 15 is 0 Å². The van der Waals surface area contributed by atoms with Gasteiger partial charge >= 0.3 is 0 Å². The van der Waals surface area contributed by atoms with Crippen LogP contribution in [0, 0.1) is 0 Å². The topological polar surface area (TPSA) is 93.3 Å². The van der Waals surface area contributed by atoms with Crippen LogP contribution in [0.1, 0.15) is 19.4 Å². The zero-order valence-corrected chi connectivity index (χ0v) is 12.8. The molecule has 0 saturated heterocycles. The highest BCUT2D eigenvalue weighted by Gasteiger charge is 2.16. The SMILES string of the molecule is CC1N=C(N)NC(NCCc2ccc3c(c2)OCO3)=NC1C. The molecule has 1 aromatic rings. The van der Waals surface area contributed by atoms with E-state index in [-0.39, 0.29) is 12.1 Å². The summed E-state index contributed by atoms with van der Waals surface area (Å²) in [5.41, 5.74) is 6.98. The third-order valence-electron chi connectivity index (χ3n) is 3.76. The Morgan fingerprint density at radius 2 is 2.00 bits per heavy atom. The summed E-state index contributed by atoms with van der Waals surface area (Å²) in [7, 11) is 0. The summed E-state index contributed by atoms with van der Waals surface area (Å²) in [5.74, 6) is 2.67. The van der Waals surface area contributed by atoms with Crippen LogP contribution in [-0.4, -0.2) is 37.3 Å². The van der Waals surface area contributed by atoms with Gasteiger partial charge in [0.1, 0.15) is 0 Å². The molecule has 0 aromatic heterocycles. The van der Waals surface area contributed by atoms with E-state index in [9.17, 15) is 0 Å². The van der Waals surface area contributed by atoms with Gasteiger partial charge in [-0.2, -0.15) is 0 Å². The van der Waals surface area contributed by atoms with E-state index in [1.54, 1.807) is 0 Å². The molecular weight excluding hydrogens is 282 g/mol. The molecule has 7 heteroatoms. The van der Waals surface area contributed by atoms with E-state index in [1.807, 2.05) is 32.0 Å². The molecule has 2 aliphatic rings. The zero-order chi connectivity index (χ0) is 15.5. The van der Waals surface area contributed by atoms with E-state index < -0.39 is 0 Å². The van der Waals surface area contributed by atoms with Crippen LogP contribution in [0.25, 0.3) is 0 Å². The van der Waals surface area contributed by atoms with Gasteiger partial charge in [-0.3, -0.25) is 5.32 Å². The average molecular weight is 303 g/mol. The van der Waals surface area contributed by atoms with Crippen molar-refractivity contribution in [1.82, 2.24) is 10.6 Å². The third kappa shape index (κ3) is 3.24. The first kappa shape index (κ1) is 14.5. The minimum atomic E-state index is 0.0701. The molecule has 0 bridgehead atoms. The summed E-state index contributed by atoms with van der Waals surface area (Å²) in [6, 6.07) is 6.14. The van der Waals surface area contributed by atoms with Crippen LogP contribution >= 0.6 is 0 Å². The highest BCUT2D eigenvalue weighted by Crippen LogP contribution is 2.32. The van der Waals surface area contributed by atoms with Crippen LogP contribution in [0.2, 0.25) is 0 Å². The Labute approximate surface area is 129 Å². The fourth-order valence-corrected chi connectivity index (χ4v) is 2.34. The molecule has 0 aliphatic carbocycles. The number of rotatable bonds is 3. The molecule has 0 radical (unpaired) electrons. The number of nitrogens with zero attached hydrogens (tertiary/aromatic N) is 2. The number of fused-ring (bicyclic) bond motifs is 1. The van der Waals surface area contributed by atoms with E-state index in [4.69, 9.17) is 15.2 Å². The van der Waals surface area contributed by atoms with Gasteiger partial charge in [-0.15, -0.1) is 0 Å². The molecule has 0 spiro atoms. The molecule has 2 heterocycles. The van der Waals surface area contributed by atoms with Crippen molar-refractivity contribution < 1.29 is 9.47 Å². The number of benzene rings is 1. The number of ether oxygens (including phenoxy) is 2. The highest BCUT2D eigenvalue weighted by atomic mass is 16.7. The number of nitrogens with two attached hydrogens (primary N) is 1. The molecule has 0 amide bonds. The van der Waals surface area contributed by atoms with Crippen LogP contribution in [0.3, 0.4) is 0 Å². The Bertz CT molecular complexity index is 614. The van der Waals surface area contributed by atoms with Gasteiger partial charge in [0, 0.05) is 6.54 Å². The summed E-state index contributed by atoms with van der Waals surface area (Å²) in [4.78, 5) is 8.86. The van der Waals surface area contributed by atoms with Crippen LogP contribution in [-0.2, 0) is 6.42 Å². The molecule has 0 saturated carbocycles. The fourth-order valence-electron chi connectivity index (χ4n) is 2.34. The van der Waals surface area contributed by atoms with E-state index in [0.29, 0.717) is 18.7 Å². The van der Waals surface area contributed by atoms with Crippen molar-refractivity contribution in [3.63, 3.8) is 0 Å². The predicted molar refractivity (Wildman–Crippen MR) is 85.4 cm³/mol. The summed E-state index contributed by atoms with van der Waals surface area (Å²) in [6.07, 6.45) is 0.846. The largest absolute Gasteiger partial charge is 0.454 e. The van der Waals surface area contributed by atoms with E-state index in [2.05, 4.69) is 20.6 Å². The van der Waals surface area contributed by atoms with Crippen molar-refractivity contribution >= 4 is 11.9 Å². The smallest absolute Gasteiger partial charge is 0.231 e. The molecule has 2 unspecified atom stereocenters. The van der Waals surface area contributed by atoms with Gasteiger partial charge in [-0.25, -0.2) is 9.98 Å². The molecule has 7 nitrogen and oxygen atoms in total. The van der Waals surface area contributed by atoms with Gasteiger partial charge in [0.2, 0.25) is 6.79 Å². The number of aliphatic imine (C=N–C) groups is 2. The lowest BCUT2D eigenvalue weighted by Gasteiger charge is -2.11. The van der Waals surface area contributed by atoms with Crippen LogP contribution in [0.4, 0.5) is 0 Å². The van der Waals surface area contributed by atoms with Crippen molar-refractivity contribution in [3.8, 4) is 11.5 Å². The molecular formula is C15H21N5O2. The maximum absolute atomic E-state index is 5.81. The Kier molecular flexibility index (Phi) is 4.04. The molecule has 2 aliphatic heterocycles. The summed E-state index contributed by atoms with van der Waals surface area (Å²) >= 11 is 0. The Hall–Kier alpha value is -2.44. The molecule has 0 fully saturated rings. The van der Waals surface area contributed by atoms with Gasteiger partial charge in [-0.1, -0.05) is 6.07 Å². The van der Waals surface area contributed by atoms with Crippen molar-refractivity contribution in [3.05, 3.63) is 23.8 Å². The van der Waals surface area contributed by atoms with Gasteiger partial charge in [-0.05, 0) is 38.0 Å². The molecule has 22 heavy (non-hydrogen) atoms. The van der Waals surface area contributed by atoms with Crippen LogP contribution in [0.5, 0.6) is 11.5 Å². The molecule has 118 valence electrons. The molecule has 4 N–H and O–H groups in total. The van der Waals surface area contributed by atoms with Crippen LogP contribution < -0.4 is 25.8 Å². The summed E-state index contributed by atoms with van der Waals surface area (Å²) in [5, 5.41) is 6.25. The van der Waals surface area contributed by atoms with Gasteiger partial charge < -0.3 is 20.5 Å². The number of nitrogens with one attached hydrogen (secondary N) is 2. The number of hydrogen-bond acceptors (Lipinski definition) is 7. The standard InChI is InChI=1S/C15H21N5O2/c1-9-10(2)19-15(20-14(16)18-9)17-6-5-11-3-4-12-13(7-11)22-8-21-12/h3-4,7,9-10H,5-6,8H2,1-2H3,(H4,16,17,18,19,20). The number of hydrogen-bond donors (Lipinski definition) is 3. The van der Waals surface area contributed by atoms with Gasteiger partial charge in [0.15, 0.2) is 23.4 Å². The average Bonchev–Trinajstić information content (AvgIpc) is 2.89. The lowest BCUT2D eigenvalue weighted by atomic mass is 10.1. The lowest BCUT2D eigenvalue weighted by molar-refractivity contribution is 0.174. The molecule has 2 atom stereocenters. The fraction of sp³-hybridized carbons (Fsp3) is 0.467. The normalized spacial score (nSPS) is 23.2. The molecule has 1 aromatic carbocycles. The highest BCUT2D eigenvalue weighted by molar-refractivity contribution is 5.98. The van der Waals surface area contributed by atoms with Crippen molar-refractivity contribution in [2.45, 2.75) is 32.4 Å². The Balaban J connectivity index is 1.56. The number of guanidine groups is 2. The molecule has 3 rings (SSSR count). The monoisotopic (exact) mass is 303 g/mol. The first-order valence-corrected chi connectivity index (χ1v) is 7.42. The van der Waals surface area contributed by atoms with Crippen molar-refractivity contribution in [2.24, 2.45) is 15.7 Å². The first-order valence-electron chi connectivity index (χ1n) is 7.42. The maximum atomic E-state index is 5.81. The second kappa shape index (κ2) is 6.13. The third-order valence-corrected chi connectivity index (χ3v) is 3.76. The summed E-state index contributed by atoms with van der Waals surface area (Å²) in [6.45, 7) is 5.05. The Morgan fingerprint density at radius 1 is 1.23 bits per heavy atom. The predicted octanol–water partition coefficient (Wildman–Crippen LogP) is 0.598. The lowest BCUT2D eigenvalue weighted by Crippen LogP contribution is -2.44. The van der Waals surface area contributed by atoms with E-state index in [0.717, 1.165) is 24.5 Å². The maximum Gasteiger partial charge on any atom is 0.231 e. The first-order chi connectivity index (χ1) is 10.6. The van der Waals surface area contributed by atoms with Crippen molar-refractivity contribution in [1.29, 1.82) is 0 Å². The van der Waals surface area contributed by atoms with Crippen molar-refractivity contribution in [2.75, 3.05) is 13.3 Å². The summed E-state index contributed by atoms with van der Waals surface area (Å²) < 4.78 is 10.7. The quantitative estimate of drug-likeness (QED) is 0.760.